The fraction of sp³-hybridized carbons (Fsp3) is 0.250. The van der Waals surface area contributed by atoms with Gasteiger partial charge in [0.15, 0.2) is 0 Å². The van der Waals surface area contributed by atoms with Gasteiger partial charge in [-0.2, -0.15) is 5.26 Å². The fourth-order valence-electron chi connectivity index (χ4n) is 2.00. The van der Waals surface area contributed by atoms with Crippen LogP contribution >= 0.6 is 0 Å². The summed E-state index contributed by atoms with van der Waals surface area (Å²) < 4.78 is 0. The SMILES string of the molecule is N#Cc1c[nH]c2c(C3CC3)cccc12. The molecule has 2 nitrogen and oxygen atoms in total. The zero-order valence-electron chi connectivity index (χ0n) is 7.75. The first-order chi connectivity index (χ1) is 6.90. The predicted octanol–water partition coefficient (Wildman–Crippen LogP) is 2.92. The normalized spacial score (nSPS) is 15.6. The molecule has 0 aliphatic heterocycles. The lowest BCUT2D eigenvalue weighted by Gasteiger charge is -1.99. The standard InChI is InChI=1S/C12H10N2/c13-6-9-7-14-12-10(8-4-5-8)2-1-3-11(9)12/h1-3,7-8,14H,4-5H2. The number of hydrogen-bond donors (Lipinski definition) is 1. The first-order valence-corrected chi connectivity index (χ1v) is 4.90. The monoisotopic (exact) mass is 182 g/mol. The number of para-hydroxylation sites is 1. The van der Waals surface area contributed by atoms with Crippen molar-refractivity contribution in [2.24, 2.45) is 0 Å². The summed E-state index contributed by atoms with van der Waals surface area (Å²) in [5.41, 5.74) is 3.29. The number of rotatable bonds is 1. The Kier molecular flexibility index (Phi) is 1.43. The molecule has 1 aliphatic carbocycles. The van der Waals surface area contributed by atoms with Crippen LogP contribution in [0.2, 0.25) is 0 Å². The van der Waals surface area contributed by atoms with Crippen molar-refractivity contribution < 1.29 is 0 Å². The van der Waals surface area contributed by atoms with Gasteiger partial charge in [0, 0.05) is 11.6 Å². The Morgan fingerprint density at radius 2 is 2.21 bits per heavy atom. The lowest BCUT2D eigenvalue weighted by Crippen LogP contribution is -1.81. The molecule has 1 fully saturated rings. The van der Waals surface area contributed by atoms with Crippen LogP contribution in [-0.4, -0.2) is 4.98 Å². The number of nitriles is 1. The molecule has 68 valence electrons. The zero-order valence-corrected chi connectivity index (χ0v) is 7.75. The van der Waals surface area contributed by atoms with Crippen molar-refractivity contribution in [2.75, 3.05) is 0 Å². The Bertz CT molecular complexity index is 527. The van der Waals surface area contributed by atoms with Crippen LogP contribution in [0.25, 0.3) is 10.9 Å². The van der Waals surface area contributed by atoms with E-state index in [4.69, 9.17) is 5.26 Å². The number of nitrogens with zero attached hydrogens (tertiary/aromatic N) is 1. The van der Waals surface area contributed by atoms with Crippen molar-refractivity contribution in [3.05, 3.63) is 35.5 Å². The quantitative estimate of drug-likeness (QED) is 0.723. The van der Waals surface area contributed by atoms with Gasteiger partial charge in [-0.15, -0.1) is 0 Å². The number of aromatic amines is 1. The molecular weight excluding hydrogens is 172 g/mol. The van der Waals surface area contributed by atoms with Gasteiger partial charge in [0.2, 0.25) is 0 Å². The molecule has 0 amide bonds. The fourth-order valence-corrected chi connectivity index (χ4v) is 2.00. The summed E-state index contributed by atoms with van der Waals surface area (Å²) in [6.07, 6.45) is 4.39. The molecule has 0 unspecified atom stereocenters. The average molecular weight is 182 g/mol. The van der Waals surface area contributed by atoms with Crippen molar-refractivity contribution in [3.8, 4) is 6.07 Å². The topological polar surface area (TPSA) is 39.6 Å². The maximum Gasteiger partial charge on any atom is 0.101 e. The molecular formula is C12H10N2. The van der Waals surface area contributed by atoms with Gasteiger partial charge in [0.25, 0.3) is 0 Å². The highest BCUT2D eigenvalue weighted by atomic mass is 14.7. The number of aromatic nitrogens is 1. The van der Waals surface area contributed by atoms with Crippen LogP contribution < -0.4 is 0 Å². The second kappa shape index (κ2) is 2.62. The van der Waals surface area contributed by atoms with Crippen LogP contribution in [0.5, 0.6) is 0 Å². The van der Waals surface area contributed by atoms with E-state index in [2.05, 4.69) is 17.1 Å². The van der Waals surface area contributed by atoms with Gasteiger partial charge < -0.3 is 4.98 Å². The van der Waals surface area contributed by atoms with Crippen LogP contribution in [0.4, 0.5) is 0 Å². The van der Waals surface area contributed by atoms with Crippen molar-refractivity contribution in [3.63, 3.8) is 0 Å². The van der Waals surface area contributed by atoms with Gasteiger partial charge in [-0.05, 0) is 24.3 Å². The van der Waals surface area contributed by atoms with Gasteiger partial charge in [0.05, 0.1) is 11.1 Å². The molecule has 0 bridgehead atoms. The molecule has 0 atom stereocenters. The highest BCUT2D eigenvalue weighted by molar-refractivity contribution is 5.88. The summed E-state index contributed by atoms with van der Waals surface area (Å²) in [4.78, 5) is 3.21. The van der Waals surface area contributed by atoms with E-state index >= 15 is 0 Å². The van der Waals surface area contributed by atoms with Gasteiger partial charge in [-0.25, -0.2) is 0 Å². The predicted molar refractivity (Wildman–Crippen MR) is 55.0 cm³/mol. The Morgan fingerprint density at radius 3 is 2.93 bits per heavy atom. The van der Waals surface area contributed by atoms with Crippen LogP contribution in [0.1, 0.15) is 29.9 Å². The second-order valence-electron chi connectivity index (χ2n) is 3.86. The number of benzene rings is 1. The van der Waals surface area contributed by atoms with E-state index in [1.165, 1.54) is 18.4 Å². The molecule has 14 heavy (non-hydrogen) atoms. The molecule has 2 heteroatoms. The van der Waals surface area contributed by atoms with Crippen LogP contribution in [0.3, 0.4) is 0 Å². The minimum absolute atomic E-state index is 0.726. The summed E-state index contributed by atoms with van der Waals surface area (Å²) in [6.45, 7) is 0. The molecule has 1 aliphatic rings. The third kappa shape index (κ3) is 0.958. The Balaban J connectivity index is 2.32. The molecule has 3 rings (SSSR count). The van der Waals surface area contributed by atoms with Crippen LogP contribution in [-0.2, 0) is 0 Å². The summed E-state index contributed by atoms with van der Waals surface area (Å²) in [7, 11) is 0. The van der Waals surface area contributed by atoms with Crippen LogP contribution in [0, 0.1) is 11.3 Å². The van der Waals surface area contributed by atoms with E-state index in [0.717, 1.165) is 22.4 Å². The van der Waals surface area contributed by atoms with Crippen molar-refractivity contribution in [1.29, 1.82) is 5.26 Å². The van der Waals surface area contributed by atoms with E-state index in [-0.39, 0.29) is 0 Å². The number of nitrogens with one attached hydrogen (secondary N) is 1. The molecule has 1 saturated carbocycles. The Hall–Kier alpha value is -1.75. The van der Waals surface area contributed by atoms with Crippen molar-refractivity contribution in [1.82, 2.24) is 4.98 Å². The Morgan fingerprint density at radius 1 is 1.36 bits per heavy atom. The second-order valence-corrected chi connectivity index (χ2v) is 3.86. The molecule has 2 aromatic rings. The largest absolute Gasteiger partial charge is 0.360 e. The smallest absolute Gasteiger partial charge is 0.101 e. The summed E-state index contributed by atoms with van der Waals surface area (Å²) in [5, 5.41) is 9.97. The number of hydrogen-bond acceptors (Lipinski definition) is 1. The highest BCUT2D eigenvalue weighted by Crippen LogP contribution is 2.42. The first-order valence-electron chi connectivity index (χ1n) is 4.90. The minimum atomic E-state index is 0.726. The van der Waals surface area contributed by atoms with E-state index in [0.29, 0.717) is 0 Å². The van der Waals surface area contributed by atoms with E-state index in [1.54, 1.807) is 6.20 Å². The highest BCUT2D eigenvalue weighted by Gasteiger charge is 2.25. The van der Waals surface area contributed by atoms with E-state index < -0.39 is 0 Å². The maximum absolute atomic E-state index is 8.90. The molecule has 0 radical (unpaired) electrons. The summed E-state index contributed by atoms with van der Waals surface area (Å²) in [5.74, 6) is 0.726. The third-order valence-electron chi connectivity index (χ3n) is 2.89. The van der Waals surface area contributed by atoms with Crippen molar-refractivity contribution >= 4 is 10.9 Å². The molecule has 0 spiro atoms. The average Bonchev–Trinajstić information content (AvgIpc) is 2.97. The zero-order chi connectivity index (χ0) is 9.54. The van der Waals surface area contributed by atoms with E-state index in [1.807, 2.05) is 12.1 Å². The first kappa shape index (κ1) is 7.64. The Labute approximate surface area is 82.2 Å². The third-order valence-corrected chi connectivity index (χ3v) is 2.89. The molecule has 1 aromatic heterocycles. The van der Waals surface area contributed by atoms with Gasteiger partial charge in [0.1, 0.15) is 6.07 Å². The molecule has 1 N–H and O–H groups in total. The number of fused-ring (bicyclic) bond motifs is 1. The molecule has 0 saturated heterocycles. The van der Waals surface area contributed by atoms with Crippen LogP contribution in [0.15, 0.2) is 24.4 Å². The van der Waals surface area contributed by atoms with E-state index in [9.17, 15) is 0 Å². The number of H-pyrrole nitrogens is 1. The summed E-state index contributed by atoms with van der Waals surface area (Å²) >= 11 is 0. The molecule has 1 heterocycles. The van der Waals surface area contributed by atoms with Gasteiger partial charge in [-0.1, -0.05) is 18.2 Å². The minimum Gasteiger partial charge on any atom is -0.360 e. The van der Waals surface area contributed by atoms with Gasteiger partial charge in [-0.3, -0.25) is 0 Å². The summed E-state index contributed by atoms with van der Waals surface area (Å²) in [6, 6.07) is 8.43. The maximum atomic E-state index is 8.90. The van der Waals surface area contributed by atoms with Crippen molar-refractivity contribution in [2.45, 2.75) is 18.8 Å². The molecule has 1 aromatic carbocycles. The lowest BCUT2D eigenvalue weighted by molar-refractivity contribution is 1.14. The lowest BCUT2D eigenvalue weighted by atomic mass is 10.1. The van der Waals surface area contributed by atoms with Gasteiger partial charge >= 0.3 is 0 Å².